The van der Waals surface area contributed by atoms with Crippen molar-refractivity contribution in [2.45, 2.75) is 31.2 Å². The van der Waals surface area contributed by atoms with Gasteiger partial charge in [-0.3, -0.25) is 0 Å². The van der Waals surface area contributed by atoms with Crippen LogP contribution in [0.15, 0.2) is 18.5 Å². The van der Waals surface area contributed by atoms with Crippen molar-refractivity contribution in [1.82, 2.24) is 19.9 Å². The standard InChI is InChI=1S/C17H18F3N5O/c18-17(19,20)26-13-3-9(4-23-15(13)21)12-7-25(16(24-12)8-1-2-8)14-10-5-22-6-11(10)14/h3-4,7-8,10-11,14,22H,1-2,5-6H2,(H2,21,23)/t10-,11+,14-. The van der Waals surface area contributed by atoms with Crippen molar-refractivity contribution < 1.29 is 17.9 Å². The third-order valence-corrected chi connectivity index (χ3v) is 5.47. The Kier molecular flexibility index (Phi) is 3.28. The second-order valence-corrected chi connectivity index (χ2v) is 7.30. The summed E-state index contributed by atoms with van der Waals surface area (Å²) < 4.78 is 43.9. The van der Waals surface area contributed by atoms with Gasteiger partial charge in [0.25, 0.3) is 0 Å². The van der Waals surface area contributed by atoms with Crippen LogP contribution < -0.4 is 15.8 Å². The van der Waals surface area contributed by atoms with Crippen molar-refractivity contribution in [1.29, 1.82) is 0 Å². The highest BCUT2D eigenvalue weighted by Crippen LogP contribution is 2.55. The minimum atomic E-state index is -4.81. The molecule has 1 saturated heterocycles. The lowest BCUT2D eigenvalue weighted by atomic mass is 10.2. The van der Waals surface area contributed by atoms with Crippen molar-refractivity contribution >= 4 is 5.82 Å². The molecule has 26 heavy (non-hydrogen) atoms. The normalized spacial score (nSPS) is 27.4. The molecule has 138 valence electrons. The number of hydrogen-bond acceptors (Lipinski definition) is 5. The Balaban J connectivity index is 1.50. The summed E-state index contributed by atoms with van der Waals surface area (Å²) >= 11 is 0. The first-order valence-electron chi connectivity index (χ1n) is 8.72. The van der Waals surface area contributed by atoms with Crippen molar-refractivity contribution in [3.63, 3.8) is 0 Å². The number of pyridine rings is 1. The van der Waals surface area contributed by atoms with Crippen LogP contribution >= 0.6 is 0 Å². The van der Waals surface area contributed by atoms with Crippen LogP contribution in [0.2, 0.25) is 0 Å². The average molecular weight is 365 g/mol. The first-order chi connectivity index (χ1) is 12.4. The maximum atomic E-state index is 12.6. The van der Waals surface area contributed by atoms with Gasteiger partial charge in [0.1, 0.15) is 5.82 Å². The zero-order valence-corrected chi connectivity index (χ0v) is 13.8. The molecule has 2 aromatic rings. The van der Waals surface area contributed by atoms with Crippen LogP contribution in [-0.2, 0) is 0 Å². The molecule has 2 saturated carbocycles. The fraction of sp³-hybridized carbons (Fsp3) is 0.529. The smallest absolute Gasteiger partial charge is 0.402 e. The van der Waals surface area contributed by atoms with Gasteiger partial charge < -0.3 is 20.4 Å². The van der Waals surface area contributed by atoms with Crippen molar-refractivity contribution in [2.24, 2.45) is 11.8 Å². The summed E-state index contributed by atoms with van der Waals surface area (Å²) in [6.07, 6.45) is 0.794. The van der Waals surface area contributed by atoms with Gasteiger partial charge in [0, 0.05) is 43.0 Å². The number of alkyl halides is 3. The Morgan fingerprint density at radius 1 is 1.23 bits per heavy atom. The fourth-order valence-electron chi connectivity index (χ4n) is 4.03. The van der Waals surface area contributed by atoms with E-state index in [9.17, 15) is 13.2 Å². The molecule has 0 aromatic carbocycles. The molecule has 2 aromatic heterocycles. The predicted molar refractivity (Wildman–Crippen MR) is 87.4 cm³/mol. The predicted octanol–water partition coefficient (Wildman–Crippen LogP) is 2.69. The minimum absolute atomic E-state index is 0.296. The van der Waals surface area contributed by atoms with Crippen LogP contribution in [0.25, 0.3) is 11.3 Å². The van der Waals surface area contributed by atoms with E-state index in [1.165, 1.54) is 12.3 Å². The minimum Gasteiger partial charge on any atom is -0.402 e. The van der Waals surface area contributed by atoms with Crippen LogP contribution in [-0.4, -0.2) is 34.0 Å². The van der Waals surface area contributed by atoms with Gasteiger partial charge in [-0.25, -0.2) is 9.97 Å². The third-order valence-electron chi connectivity index (χ3n) is 5.47. The summed E-state index contributed by atoms with van der Waals surface area (Å²) in [5, 5.41) is 3.38. The van der Waals surface area contributed by atoms with E-state index < -0.39 is 12.1 Å². The van der Waals surface area contributed by atoms with E-state index in [4.69, 9.17) is 10.7 Å². The van der Waals surface area contributed by atoms with Crippen molar-refractivity contribution in [2.75, 3.05) is 18.8 Å². The van der Waals surface area contributed by atoms with E-state index in [0.717, 1.165) is 31.8 Å². The van der Waals surface area contributed by atoms with Gasteiger partial charge in [-0.1, -0.05) is 0 Å². The maximum absolute atomic E-state index is 12.6. The Hall–Kier alpha value is -2.29. The molecule has 3 aliphatic rings. The Morgan fingerprint density at radius 2 is 1.96 bits per heavy atom. The molecule has 9 heteroatoms. The number of rotatable bonds is 4. The van der Waals surface area contributed by atoms with Gasteiger partial charge in [0.05, 0.1) is 5.69 Å². The summed E-state index contributed by atoms with van der Waals surface area (Å²) in [7, 11) is 0. The van der Waals surface area contributed by atoms with Gasteiger partial charge in [-0.05, 0) is 30.7 Å². The number of nitrogen functional groups attached to an aromatic ring is 1. The zero-order chi connectivity index (χ0) is 18.1. The van der Waals surface area contributed by atoms with E-state index >= 15 is 0 Å². The lowest BCUT2D eigenvalue weighted by Gasteiger charge is -2.11. The monoisotopic (exact) mass is 365 g/mol. The molecular weight excluding hydrogens is 347 g/mol. The van der Waals surface area contributed by atoms with Gasteiger partial charge >= 0.3 is 6.36 Å². The number of anilines is 1. The second kappa shape index (κ2) is 5.35. The molecule has 0 amide bonds. The number of piperidine rings is 1. The lowest BCUT2D eigenvalue weighted by Crippen LogP contribution is -2.18. The molecule has 0 spiro atoms. The highest BCUT2D eigenvalue weighted by atomic mass is 19.4. The van der Waals surface area contributed by atoms with Crippen LogP contribution in [0.1, 0.15) is 30.6 Å². The van der Waals surface area contributed by atoms with Crippen molar-refractivity contribution in [3.8, 4) is 17.0 Å². The zero-order valence-electron chi connectivity index (χ0n) is 13.8. The lowest BCUT2D eigenvalue weighted by molar-refractivity contribution is -0.274. The first kappa shape index (κ1) is 15.9. The number of ether oxygens (including phenoxy) is 1. The van der Waals surface area contributed by atoms with E-state index in [-0.39, 0.29) is 5.82 Å². The number of nitrogens with zero attached hydrogens (tertiary/aromatic N) is 3. The molecule has 3 fully saturated rings. The molecule has 3 N–H and O–H groups in total. The number of fused-ring (bicyclic) bond motifs is 1. The van der Waals surface area contributed by atoms with E-state index in [0.29, 0.717) is 35.1 Å². The number of aromatic nitrogens is 3. The summed E-state index contributed by atoms with van der Waals surface area (Å²) in [6.45, 7) is 2.03. The highest BCUT2D eigenvalue weighted by molar-refractivity contribution is 5.64. The van der Waals surface area contributed by atoms with Crippen LogP contribution in [0, 0.1) is 11.8 Å². The molecular formula is C17H18F3N5O. The highest BCUT2D eigenvalue weighted by Gasteiger charge is 2.55. The first-order valence-corrected chi connectivity index (χ1v) is 8.72. The van der Waals surface area contributed by atoms with Gasteiger partial charge in [-0.2, -0.15) is 0 Å². The van der Waals surface area contributed by atoms with E-state index in [1.807, 2.05) is 6.20 Å². The molecule has 5 rings (SSSR count). The maximum Gasteiger partial charge on any atom is 0.573 e. The SMILES string of the molecule is Nc1ncc(-c2cn([C@@H]3[C@@H]4CNC[C@@H]43)c(C3CC3)n2)cc1OC(F)(F)F. The molecule has 6 nitrogen and oxygen atoms in total. The fourth-order valence-corrected chi connectivity index (χ4v) is 4.03. The van der Waals surface area contributed by atoms with Gasteiger partial charge in [0.2, 0.25) is 0 Å². The summed E-state index contributed by atoms with van der Waals surface area (Å²) in [5.41, 5.74) is 6.61. The van der Waals surface area contributed by atoms with Crippen LogP contribution in [0.3, 0.4) is 0 Å². The Bertz CT molecular complexity index is 851. The number of nitrogens with one attached hydrogen (secondary N) is 1. The van der Waals surface area contributed by atoms with Crippen LogP contribution in [0.5, 0.6) is 5.75 Å². The molecule has 1 aliphatic heterocycles. The summed E-state index contributed by atoms with van der Waals surface area (Å²) in [5.74, 6) is 1.95. The Morgan fingerprint density at radius 3 is 2.62 bits per heavy atom. The molecule has 0 bridgehead atoms. The molecule has 3 heterocycles. The topological polar surface area (TPSA) is 78.0 Å². The van der Waals surface area contributed by atoms with Crippen LogP contribution in [0.4, 0.5) is 19.0 Å². The average Bonchev–Trinajstić information content (AvgIpc) is 3.44. The molecule has 0 unspecified atom stereocenters. The number of imidazole rings is 1. The molecule has 2 aliphatic carbocycles. The Labute approximate surface area is 147 Å². The number of halogens is 3. The largest absolute Gasteiger partial charge is 0.573 e. The van der Waals surface area contributed by atoms with E-state index in [1.54, 1.807) is 0 Å². The second-order valence-electron chi connectivity index (χ2n) is 7.30. The third kappa shape index (κ3) is 2.70. The van der Waals surface area contributed by atoms with Crippen molar-refractivity contribution in [3.05, 3.63) is 24.3 Å². The van der Waals surface area contributed by atoms with Gasteiger partial charge in [-0.15, -0.1) is 13.2 Å². The quantitative estimate of drug-likeness (QED) is 0.871. The van der Waals surface area contributed by atoms with Gasteiger partial charge in [0.15, 0.2) is 11.6 Å². The number of nitrogens with two attached hydrogens (primary N) is 1. The molecule has 3 atom stereocenters. The summed E-state index contributed by atoms with van der Waals surface area (Å²) in [4.78, 5) is 8.57. The molecule has 0 radical (unpaired) electrons. The number of hydrogen-bond donors (Lipinski definition) is 2. The summed E-state index contributed by atoms with van der Waals surface area (Å²) in [6, 6.07) is 1.70. The van der Waals surface area contributed by atoms with E-state index in [2.05, 4.69) is 19.6 Å².